The van der Waals surface area contributed by atoms with Gasteiger partial charge in [-0.2, -0.15) is 4.98 Å². The topological polar surface area (TPSA) is 81.4 Å². The van der Waals surface area contributed by atoms with Gasteiger partial charge in [0.15, 0.2) is 0 Å². The minimum atomic E-state index is -0.481. The average molecular weight is 363 g/mol. The van der Waals surface area contributed by atoms with E-state index in [4.69, 9.17) is 16.3 Å². The molecule has 132 valence electrons. The highest BCUT2D eigenvalue weighted by atomic mass is 35.5. The summed E-state index contributed by atoms with van der Waals surface area (Å²) in [6.45, 7) is 5.49. The molecule has 3 rings (SSSR count). The first-order chi connectivity index (χ1) is 12.0. The van der Waals surface area contributed by atoms with Crippen molar-refractivity contribution in [1.82, 2.24) is 9.97 Å². The van der Waals surface area contributed by atoms with Gasteiger partial charge in [-0.1, -0.05) is 18.5 Å². The third kappa shape index (κ3) is 3.82. The molecule has 0 spiro atoms. The van der Waals surface area contributed by atoms with Crippen molar-refractivity contribution in [1.29, 1.82) is 0 Å². The number of aromatic nitrogens is 2. The van der Waals surface area contributed by atoms with Crippen molar-refractivity contribution >= 4 is 23.1 Å². The van der Waals surface area contributed by atoms with Gasteiger partial charge in [0, 0.05) is 18.1 Å². The summed E-state index contributed by atoms with van der Waals surface area (Å²) in [5.74, 6) is 1.31. The Hall–Kier alpha value is -2.41. The first kappa shape index (κ1) is 17.4. The Morgan fingerprint density at radius 3 is 2.68 bits per heavy atom. The van der Waals surface area contributed by atoms with Crippen molar-refractivity contribution in [3.05, 3.63) is 45.2 Å². The molecule has 0 unspecified atom stereocenters. The van der Waals surface area contributed by atoms with Crippen LogP contribution < -0.4 is 9.64 Å². The smallest absolute Gasteiger partial charge is 0.373 e. The van der Waals surface area contributed by atoms with Gasteiger partial charge >= 0.3 is 11.6 Å². The van der Waals surface area contributed by atoms with Crippen molar-refractivity contribution in [2.45, 2.75) is 26.7 Å². The number of hydrogen-bond donors (Lipinski definition) is 0. The van der Waals surface area contributed by atoms with Gasteiger partial charge in [-0.15, -0.1) is 0 Å². The Labute approximate surface area is 150 Å². The second-order valence-corrected chi connectivity index (χ2v) is 6.70. The highest BCUT2D eigenvalue weighted by Gasteiger charge is 2.30. The molecule has 1 fully saturated rings. The van der Waals surface area contributed by atoms with Crippen molar-refractivity contribution in [3.8, 4) is 11.6 Å². The zero-order valence-corrected chi connectivity index (χ0v) is 14.9. The summed E-state index contributed by atoms with van der Waals surface area (Å²) in [6, 6.07) is 5.06. The predicted octanol–water partition coefficient (Wildman–Crippen LogP) is 4.38. The molecule has 7 nitrogen and oxygen atoms in total. The third-order valence-electron chi connectivity index (χ3n) is 4.38. The van der Waals surface area contributed by atoms with E-state index >= 15 is 0 Å². The summed E-state index contributed by atoms with van der Waals surface area (Å²) >= 11 is 6.01. The van der Waals surface area contributed by atoms with E-state index in [1.54, 1.807) is 18.2 Å². The number of ether oxygens (including phenoxy) is 1. The van der Waals surface area contributed by atoms with E-state index in [2.05, 4.69) is 16.9 Å². The summed E-state index contributed by atoms with van der Waals surface area (Å²) in [7, 11) is 0. The molecule has 1 aromatic carbocycles. The van der Waals surface area contributed by atoms with Gasteiger partial charge in [0.25, 0.3) is 0 Å². The van der Waals surface area contributed by atoms with Gasteiger partial charge in [-0.05, 0) is 49.4 Å². The Morgan fingerprint density at radius 1 is 1.32 bits per heavy atom. The Balaban J connectivity index is 1.95. The Kier molecular flexibility index (Phi) is 5.03. The summed E-state index contributed by atoms with van der Waals surface area (Å²) in [6.07, 6.45) is 3.26. The molecule has 2 aromatic rings. The molecule has 2 heterocycles. The lowest BCUT2D eigenvalue weighted by Crippen LogP contribution is -2.34. The van der Waals surface area contributed by atoms with Crippen LogP contribution in [0.2, 0.25) is 5.02 Å². The van der Waals surface area contributed by atoms with Gasteiger partial charge in [-0.3, -0.25) is 10.1 Å². The first-order valence-corrected chi connectivity index (χ1v) is 8.52. The maximum Gasteiger partial charge on any atom is 0.373 e. The van der Waals surface area contributed by atoms with Gasteiger partial charge in [0.1, 0.15) is 12.1 Å². The van der Waals surface area contributed by atoms with Crippen LogP contribution in [0.5, 0.6) is 11.6 Å². The molecule has 0 saturated carbocycles. The highest BCUT2D eigenvalue weighted by molar-refractivity contribution is 6.31. The number of nitro groups is 1. The molecule has 0 bridgehead atoms. The normalized spacial score (nSPS) is 15.2. The summed E-state index contributed by atoms with van der Waals surface area (Å²) < 4.78 is 5.68. The Morgan fingerprint density at radius 2 is 2.04 bits per heavy atom. The molecule has 8 heteroatoms. The number of piperidine rings is 1. The van der Waals surface area contributed by atoms with Gasteiger partial charge in [-0.25, -0.2) is 4.98 Å². The lowest BCUT2D eigenvalue weighted by molar-refractivity contribution is -0.385. The van der Waals surface area contributed by atoms with Crippen molar-refractivity contribution in [2.24, 2.45) is 5.92 Å². The van der Waals surface area contributed by atoms with Gasteiger partial charge < -0.3 is 9.64 Å². The molecule has 0 radical (unpaired) electrons. The molecule has 0 aliphatic carbocycles. The number of nitrogens with zero attached hydrogens (tertiary/aromatic N) is 4. The number of rotatable bonds is 4. The lowest BCUT2D eigenvalue weighted by Gasteiger charge is -2.30. The lowest BCUT2D eigenvalue weighted by atomic mass is 9.99. The zero-order valence-electron chi connectivity index (χ0n) is 14.1. The van der Waals surface area contributed by atoms with Crippen LogP contribution in [0.1, 0.15) is 25.3 Å². The summed E-state index contributed by atoms with van der Waals surface area (Å²) in [5, 5.41) is 12.3. The van der Waals surface area contributed by atoms with Gasteiger partial charge in [0.2, 0.25) is 5.82 Å². The molecule has 25 heavy (non-hydrogen) atoms. The van der Waals surface area contributed by atoms with E-state index in [9.17, 15) is 10.1 Å². The van der Waals surface area contributed by atoms with Crippen LogP contribution in [-0.4, -0.2) is 28.0 Å². The molecule has 1 saturated heterocycles. The molecule has 0 N–H and O–H groups in total. The van der Waals surface area contributed by atoms with Crippen LogP contribution in [0.15, 0.2) is 24.5 Å². The quantitative estimate of drug-likeness (QED) is 0.593. The molecule has 0 atom stereocenters. The number of halogens is 1. The SMILES string of the molecule is Cc1cc(Oc2ncnc(N3CCC(C)CC3)c2[N+](=O)[O-])ccc1Cl. The van der Waals surface area contributed by atoms with Crippen LogP contribution >= 0.6 is 11.6 Å². The standard InChI is InChI=1S/C17H19ClN4O3/c1-11-5-7-21(8-6-11)16-15(22(23)24)17(20-10-19-16)25-13-3-4-14(18)12(2)9-13/h3-4,9-11H,5-8H2,1-2H3. The van der Waals surface area contributed by atoms with Crippen LogP contribution in [0, 0.1) is 23.0 Å². The van der Waals surface area contributed by atoms with E-state index in [0.29, 0.717) is 22.5 Å². The van der Waals surface area contributed by atoms with Crippen LogP contribution in [0.3, 0.4) is 0 Å². The number of benzene rings is 1. The minimum Gasteiger partial charge on any atom is -0.434 e. The number of hydrogen-bond acceptors (Lipinski definition) is 6. The average Bonchev–Trinajstić information content (AvgIpc) is 2.58. The fourth-order valence-corrected chi connectivity index (χ4v) is 2.95. The molecule has 1 aliphatic heterocycles. The van der Waals surface area contributed by atoms with E-state index < -0.39 is 4.92 Å². The highest BCUT2D eigenvalue weighted by Crippen LogP contribution is 2.37. The third-order valence-corrected chi connectivity index (χ3v) is 4.80. The van der Waals surface area contributed by atoms with Crippen molar-refractivity contribution in [2.75, 3.05) is 18.0 Å². The summed E-state index contributed by atoms with van der Waals surface area (Å²) in [4.78, 5) is 21.2. The van der Waals surface area contributed by atoms with Crippen LogP contribution in [0.4, 0.5) is 11.5 Å². The van der Waals surface area contributed by atoms with Gasteiger partial charge in [0.05, 0.1) is 4.92 Å². The van der Waals surface area contributed by atoms with E-state index in [1.165, 1.54) is 6.33 Å². The van der Waals surface area contributed by atoms with Crippen molar-refractivity contribution < 1.29 is 9.66 Å². The monoisotopic (exact) mass is 362 g/mol. The first-order valence-electron chi connectivity index (χ1n) is 8.14. The van der Waals surface area contributed by atoms with Crippen molar-refractivity contribution in [3.63, 3.8) is 0 Å². The molecular weight excluding hydrogens is 344 g/mol. The molecule has 1 aromatic heterocycles. The largest absolute Gasteiger partial charge is 0.434 e. The second kappa shape index (κ2) is 7.23. The maximum absolute atomic E-state index is 11.7. The summed E-state index contributed by atoms with van der Waals surface area (Å²) in [5.41, 5.74) is 0.616. The Bertz CT molecular complexity index is 791. The molecular formula is C17H19ClN4O3. The minimum absolute atomic E-state index is 0.0599. The number of aryl methyl sites for hydroxylation is 1. The predicted molar refractivity (Wildman–Crippen MR) is 95.6 cm³/mol. The van der Waals surface area contributed by atoms with E-state index in [-0.39, 0.29) is 11.6 Å². The van der Waals surface area contributed by atoms with Crippen LogP contribution in [0.25, 0.3) is 0 Å². The van der Waals surface area contributed by atoms with E-state index in [1.807, 2.05) is 11.8 Å². The molecule has 0 amide bonds. The zero-order chi connectivity index (χ0) is 18.0. The van der Waals surface area contributed by atoms with Crippen LogP contribution in [-0.2, 0) is 0 Å². The second-order valence-electron chi connectivity index (χ2n) is 6.29. The maximum atomic E-state index is 11.7. The molecule has 1 aliphatic rings. The number of anilines is 1. The fourth-order valence-electron chi connectivity index (χ4n) is 2.83. The fraction of sp³-hybridized carbons (Fsp3) is 0.412. The van der Waals surface area contributed by atoms with E-state index in [0.717, 1.165) is 31.5 Å².